The number of aliphatic hydroxyl groups is 3. The van der Waals surface area contributed by atoms with Crippen LogP contribution in [-0.2, 0) is 36.3 Å². The molecule has 2 fully saturated rings. The fraction of sp³-hybridized carbons (Fsp3) is 0.500. The fourth-order valence-electron chi connectivity index (χ4n) is 5.37. The lowest BCUT2D eigenvalue weighted by Gasteiger charge is -2.22. The number of carbonyl (C=O) groups excluding carboxylic acids is 1. The topological polar surface area (TPSA) is 356 Å². The summed E-state index contributed by atoms with van der Waals surface area (Å²) in [5.41, 5.74) is 11.3. The molecule has 0 spiro atoms. The largest absolute Gasteiger partial charge is 0.481 e. The molecule has 48 heavy (non-hydrogen) atoms. The van der Waals surface area contributed by atoms with Gasteiger partial charge in [-0.25, -0.2) is 28.6 Å². The number of nitrogens with zero attached hydrogens (tertiary/aromatic N) is 5. The van der Waals surface area contributed by atoms with Gasteiger partial charge in [0.15, 0.2) is 36.1 Å². The van der Waals surface area contributed by atoms with Crippen molar-refractivity contribution in [1.82, 2.24) is 19.5 Å². The van der Waals surface area contributed by atoms with Gasteiger partial charge >= 0.3 is 23.5 Å². The summed E-state index contributed by atoms with van der Waals surface area (Å²) in [4.78, 5) is 62.3. The molecule has 1 aliphatic heterocycles. The zero-order chi connectivity index (χ0) is 35.2. The number of imidazole rings is 1. The summed E-state index contributed by atoms with van der Waals surface area (Å²) in [7, 11) is -16.2. The summed E-state index contributed by atoms with van der Waals surface area (Å²) in [6.07, 6.45) is -4.84. The molecule has 23 nitrogen and oxygen atoms in total. The number of rotatable bonds is 13. The number of hydrogen-bond donors (Lipinski definition) is 9. The fourth-order valence-corrected chi connectivity index (χ4v) is 8.08. The van der Waals surface area contributed by atoms with Crippen molar-refractivity contribution in [2.24, 2.45) is 11.7 Å². The van der Waals surface area contributed by atoms with E-state index in [1.54, 1.807) is 0 Å². The van der Waals surface area contributed by atoms with Gasteiger partial charge < -0.3 is 51.1 Å². The first-order chi connectivity index (χ1) is 22.4. The highest BCUT2D eigenvalue weighted by Gasteiger charge is 2.51. The number of amides is 1. The number of nitrogens with two attached hydrogens (primary N) is 2. The van der Waals surface area contributed by atoms with Crippen molar-refractivity contribution in [3.05, 3.63) is 42.7 Å². The quantitative estimate of drug-likeness (QED) is 0.0660. The lowest BCUT2D eigenvalue weighted by atomic mass is 10.1. The number of fused-ring (bicyclic) bond motifs is 1. The van der Waals surface area contributed by atoms with Crippen molar-refractivity contribution in [2.45, 2.75) is 49.2 Å². The van der Waals surface area contributed by atoms with E-state index in [0.717, 1.165) is 17.2 Å². The highest BCUT2D eigenvalue weighted by molar-refractivity contribution is 7.61. The number of nitrogen functional groups attached to an aromatic ring is 1. The molecule has 1 saturated heterocycles. The van der Waals surface area contributed by atoms with Gasteiger partial charge in [0.05, 0.1) is 25.6 Å². The van der Waals surface area contributed by atoms with E-state index < -0.39 is 91.3 Å². The van der Waals surface area contributed by atoms with Gasteiger partial charge in [0.1, 0.15) is 41.8 Å². The summed E-state index contributed by atoms with van der Waals surface area (Å²) in [6.45, 7) is -1.84. The Hall–Kier alpha value is -2.82. The number of anilines is 1. The molecule has 10 atom stereocenters. The van der Waals surface area contributed by atoms with Gasteiger partial charge in [0.2, 0.25) is 0 Å². The van der Waals surface area contributed by atoms with Gasteiger partial charge in [-0.2, -0.15) is 8.88 Å². The smallest absolute Gasteiger partial charge is 0.390 e. The van der Waals surface area contributed by atoms with Crippen LogP contribution in [0.25, 0.3) is 11.2 Å². The predicted molar refractivity (Wildman–Crippen MR) is 154 cm³/mol. The van der Waals surface area contributed by atoms with E-state index in [4.69, 9.17) is 25.3 Å². The van der Waals surface area contributed by atoms with Crippen molar-refractivity contribution in [1.29, 1.82) is 0 Å². The SMILES string of the molecule is NC(=O)c1ccc[n+]([C@@H]2CC(COP(=O)(O)OP(=O)(O)OCC3OC(n4cnc5c(N)ncnc54)C(O)C3OP(=O)(O)O)C(O)C2O)c1. The maximum Gasteiger partial charge on any atom is 0.481 e. The molecule has 3 aromatic heterocycles. The van der Waals surface area contributed by atoms with E-state index >= 15 is 0 Å². The minimum absolute atomic E-state index is 0.0310. The van der Waals surface area contributed by atoms with Crippen LogP contribution in [-0.4, -0.2) is 104 Å². The Balaban J connectivity index is 1.22. The number of carbonyl (C=O) groups is 1. The molecule has 5 rings (SSSR count). The summed E-state index contributed by atoms with van der Waals surface area (Å²) in [6, 6.07) is 2.11. The van der Waals surface area contributed by atoms with Crippen LogP contribution in [0.5, 0.6) is 0 Å². The Morgan fingerprint density at radius 1 is 1.02 bits per heavy atom. The molecule has 4 heterocycles. The molecular formula is C22H31N7O16P3+. The van der Waals surface area contributed by atoms with E-state index in [-0.39, 0.29) is 29.0 Å². The molecule has 0 radical (unpaired) electrons. The first kappa shape index (κ1) is 36.5. The average molecular weight is 742 g/mol. The van der Waals surface area contributed by atoms with E-state index in [0.29, 0.717) is 0 Å². The maximum absolute atomic E-state index is 12.6. The average Bonchev–Trinajstić information content (AvgIpc) is 3.64. The van der Waals surface area contributed by atoms with Crippen molar-refractivity contribution < 1.29 is 80.6 Å². The first-order valence-electron chi connectivity index (χ1n) is 13.7. The summed E-state index contributed by atoms with van der Waals surface area (Å²) in [5.74, 6) is -1.76. The normalized spacial score (nSPS) is 30.3. The zero-order valence-corrected chi connectivity index (χ0v) is 26.9. The number of ether oxygens (including phenoxy) is 1. The molecule has 26 heteroatoms. The highest BCUT2D eigenvalue weighted by atomic mass is 31.3. The summed E-state index contributed by atoms with van der Waals surface area (Å²) < 4.78 is 63.5. The van der Waals surface area contributed by atoms with Gasteiger partial charge in [-0.15, -0.1) is 0 Å². The van der Waals surface area contributed by atoms with Gasteiger partial charge in [-0.05, 0) is 6.07 Å². The lowest BCUT2D eigenvalue weighted by molar-refractivity contribution is -0.728. The Bertz CT molecular complexity index is 1810. The van der Waals surface area contributed by atoms with Crippen molar-refractivity contribution in [3.8, 4) is 0 Å². The monoisotopic (exact) mass is 742 g/mol. The van der Waals surface area contributed by atoms with Gasteiger partial charge in [0, 0.05) is 18.4 Å². The third-order valence-corrected chi connectivity index (χ3v) is 10.7. The van der Waals surface area contributed by atoms with Crippen LogP contribution in [0, 0.1) is 5.92 Å². The predicted octanol–water partition coefficient (Wildman–Crippen LogP) is -2.24. The number of pyridine rings is 1. The minimum atomic E-state index is -5.52. The van der Waals surface area contributed by atoms with Crippen molar-refractivity contribution in [3.63, 3.8) is 0 Å². The summed E-state index contributed by atoms with van der Waals surface area (Å²) in [5, 5.41) is 31.9. The standard InChI is InChI=1S/C22H30N7O16P3/c23-19-14-21(26-8-25-19)29(9-27-14)22-17(32)18(44-46(34,35)36)13(43-22)7-42-48(39,40)45-47(37,38)41-6-11-4-12(16(31)15(11)30)28-3-1-2-10(5-28)20(24)33/h1-3,5,8-9,11-13,15-18,22,30-32H,4,6-7H2,(H7-,23,24,25,26,33,34,35,36,37,38,39,40)/p+1/t11?,12-,13?,15?,16?,17?,18?,22?/m1/s1. The van der Waals surface area contributed by atoms with Gasteiger partial charge in [-0.1, -0.05) is 0 Å². The summed E-state index contributed by atoms with van der Waals surface area (Å²) >= 11 is 0. The molecule has 1 aliphatic carbocycles. The van der Waals surface area contributed by atoms with Crippen LogP contribution in [0.1, 0.15) is 29.0 Å². The molecule has 9 unspecified atom stereocenters. The molecule has 1 saturated carbocycles. The molecule has 0 bridgehead atoms. The number of aromatic nitrogens is 5. The number of hydrogen-bond acceptors (Lipinski definition) is 16. The van der Waals surface area contributed by atoms with E-state index in [1.807, 2.05) is 0 Å². The minimum Gasteiger partial charge on any atom is -0.390 e. The second-order valence-electron chi connectivity index (χ2n) is 10.8. The lowest BCUT2D eigenvalue weighted by Crippen LogP contribution is -2.45. The van der Waals surface area contributed by atoms with Crippen LogP contribution in [0.2, 0.25) is 0 Å². The molecular weight excluding hydrogens is 711 g/mol. The third-order valence-electron chi connectivity index (χ3n) is 7.55. The number of primary amides is 1. The molecule has 0 aromatic carbocycles. The van der Waals surface area contributed by atoms with Gasteiger partial charge in [0.25, 0.3) is 5.91 Å². The van der Waals surface area contributed by atoms with Crippen molar-refractivity contribution in [2.75, 3.05) is 18.9 Å². The third kappa shape index (κ3) is 8.13. The van der Waals surface area contributed by atoms with E-state index in [9.17, 15) is 53.4 Å². The molecule has 3 aromatic rings. The highest BCUT2D eigenvalue weighted by Crippen LogP contribution is 2.61. The zero-order valence-electron chi connectivity index (χ0n) is 24.2. The molecule has 264 valence electrons. The molecule has 2 aliphatic rings. The van der Waals surface area contributed by atoms with Crippen LogP contribution >= 0.6 is 23.5 Å². The molecule has 11 N–H and O–H groups in total. The van der Waals surface area contributed by atoms with Crippen LogP contribution in [0.15, 0.2) is 37.2 Å². The Morgan fingerprint density at radius 3 is 2.38 bits per heavy atom. The Morgan fingerprint density at radius 2 is 1.71 bits per heavy atom. The molecule has 1 amide bonds. The number of phosphoric acid groups is 3. The first-order valence-corrected chi connectivity index (χ1v) is 18.2. The second kappa shape index (κ2) is 13.8. The van der Waals surface area contributed by atoms with Crippen LogP contribution in [0.4, 0.5) is 5.82 Å². The maximum atomic E-state index is 12.6. The Labute approximate surface area is 269 Å². The van der Waals surface area contributed by atoms with Crippen LogP contribution < -0.4 is 16.0 Å². The van der Waals surface area contributed by atoms with Crippen LogP contribution in [0.3, 0.4) is 0 Å². The number of aliphatic hydroxyl groups excluding tert-OH is 3. The second-order valence-corrected chi connectivity index (χ2v) is 15.0. The number of phosphoric ester groups is 3. The van der Waals surface area contributed by atoms with Crippen molar-refractivity contribution >= 4 is 46.4 Å². The van der Waals surface area contributed by atoms with E-state index in [1.165, 1.54) is 29.1 Å². The van der Waals surface area contributed by atoms with E-state index in [2.05, 4.69) is 23.8 Å². The Kier molecular flexibility index (Phi) is 10.5. The van der Waals surface area contributed by atoms with Gasteiger partial charge in [-0.3, -0.25) is 22.9 Å².